The minimum absolute atomic E-state index is 0.302. The van der Waals surface area contributed by atoms with Gasteiger partial charge in [0.2, 0.25) is 0 Å². The summed E-state index contributed by atoms with van der Waals surface area (Å²) in [7, 11) is 1.96. The second-order valence-corrected chi connectivity index (χ2v) is 7.80. The van der Waals surface area contributed by atoms with Crippen molar-refractivity contribution in [2.45, 2.75) is 19.4 Å². The maximum atomic E-state index is 13.0. The number of fused-ring (bicyclic) bond motifs is 4. The van der Waals surface area contributed by atoms with E-state index in [-0.39, 0.29) is 11.8 Å². The molecule has 2 aliphatic heterocycles. The summed E-state index contributed by atoms with van der Waals surface area (Å²) in [6.07, 6.45) is 3.92. The van der Waals surface area contributed by atoms with Gasteiger partial charge in [-0.05, 0) is 25.0 Å². The van der Waals surface area contributed by atoms with Gasteiger partial charge in [0, 0.05) is 58.4 Å². The standard InChI is InChI=1S/C24H19N3O2/c1-26-13-16(14-7-2-4-9-17(14)26)21-22(24(29)25-23(21)28)20-15-8-3-5-10-18(15)27-12-6-11-19(20)27/h2-5,7-10,13H,6,11-12H2,1H3,(H,25,28,29). The fourth-order valence-corrected chi connectivity index (χ4v) is 5.05. The van der Waals surface area contributed by atoms with Crippen molar-refractivity contribution in [3.05, 3.63) is 71.5 Å². The van der Waals surface area contributed by atoms with Crippen LogP contribution in [0.3, 0.4) is 0 Å². The molecule has 0 spiro atoms. The number of nitrogens with one attached hydrogen (secondary N) is 1. The van der Waals surface area contributed by atoms with Crippen molar-refractivity contribution in [1.82, 2.24) is 14.5 Å². The number of carbonyl (C=O) groups is 2. The highest BCUT2D eigenvalue weighted by atomic mass is 16.2. The number of aromatic nitrogens is 2. The summed E-state index contributed by atoms with van der Waals surface area (Å²) in [5.41, 5.74) is 6.05. The van der Waals surface area contributed by atoms with Gasteiger partial charge in [-0.25, -0.2) is 0 Å². The molecule has 4 heterocycles. The van der Waals surface area contributed by atoms with E-state index < -0.39 is 0 Å². The molecule has 2 aromatic carbocycles. The van der Waals surface area contributed by atoms with E-state index in [9.17, 15) is 9.59 Å². The first kappa shape index (κ1) is 16.4. The molecule has 142 valence electrons. The lowest BCUT2D eigenvalue weighted by Crippen LogP contribution is -2.22. The molecule has 0 unspecified atom stereocenters. The summed E-state index contributed by atoms with van der Waals surface area (Å²) < 4.78 is 4.31. The first-order valence-electron chi connectivity index (χ1n) is 9.90. The lowest BCUT2D eigenvalue weighted by atomic mass is 9.93. The highest BCUT2D eigenvalue weighted by Crippen LogP contribution is 2.42. The van der Waals surface area contributed by atoms with Crippen molar-refractivity contribution in [2.75, 3.05) is 0 Å². The van der Waals surface area contributed by atoms with Crippen molar-refractivity contribution >= 4 is 44.8 Å². The Bertz CT molecular complexity index is 1400. The summed E-state index contributed by atoms with van der Waals surface area (Å²) in [5.74, 6) is -0.618. The molecule has 0 radical (unpaired) electrons. The maximum absolute atomic E-state index is 13.0. The van der Waals surface area contributed by atoms with Crippen LogP contribution in [0.15, 0.2) is 54.7 Å². The van der Waals surface area contributed by atoms with E-state index in [1.165, 1.54) is 0 Å². The number of aryl methyl sites for hydroxylation is 2. The first-order valence-corrected chi connectivity index (χ1v) is 9.90. The van der Waals surface area contributed by atoms with Crippen molar-refractivity contribution in [3.63, 3.8) is 0 Å². The number of para-hydroxylation sites is 2. The smallest absolute Gasteiger partial charge is 0.259 e. The van der Waals surface area contributed by atoms with Gasteiger partial charge in [-0.15, -0.1) is 0 Å². The van der Waals surface area contributed by atoms with Gasteiger partial charge in [0.05, 0.1) is 11.1 Å². The van der Waals surface area contributed by atoms with Crippen molar-refractivity contribution < 1.29 is 9.59 Å². The average molecular weight is 381 g/mol. The molecule has 0 bridgehead atoms. The summed E-state index contributed by atoms with van der Waals surface area (Å²) >= 11 is 0. The number of amides is 2. The van der Waals surface area contributed by atoms with Crippen LogP contribution in [0.25, 0.3) is 33.0 Å². The highest BCUT2D eigenvalue weighted by molar-refractivity contribution is 6.51. The number of carbonyl (C=O) groups excluding carboxylic acids is 2. The van der Waals surface area contributed by atoms with Gasteiger partial charge in [-0.1, -0.05) is 36.4 Å². The Morgan fingerprint density at radius 2 is 1.55 bits per heavy atom. The maximum Gasteiger partial charge on any atom is 0.259 e. The van der Waals surface area contributed by atoms with Gasteiger partial charge in [0.25, 0.3) is 11.8 Å². The summed E-state index contributed by atoms with van der Waals surface area (Å²) in [4.78, 5) is 26.0. The van der Waals surface area contributed by atoms with E-state index in [1.54, 1.807) is 0 Å². The van der Waals surface area contributed by atoms with Crippen LogP contribution in [-0.2, 0) is 29.6 Å². The first-order chi connectivity index (χ1) is 14.1. The third-order valence-corrected chi connectivity index (χ3v) is 6.22. The molecule has 6 rings (SSSR count). The Kier molecular flexibility index (Phi) is 3.22. The third kappa shape index (κ3) is 2.10. The average Bonchev–Trinajstić information content (AvgIpc) is 3.45. The molecular weight excluding hydrogens is 362 g/mol. The van der Waals surface area contributed by atoms with Crippen LogP contribution >= 0.6 is 0 Å². The Hall–Kier alpha value is -3.60. The second-order valence-electron chi connectivity index (χ2n) is 7.80. The van der Waals surface area contributed by atoms with Crippen molar-refractivity contribution in [3.8, 4) is 0 Å². The predicted octanol–water partition coefficient (Wildman–Crippen LogP) is 3.65. The van der Waals surface area contributed by atoms with E-state index in [2.05, 4.69) is 22.0 Å². The van der Waals surface area contributed by atoms with Gasteiger partial charge >= 0.3 is 0 Å². The molecule has 0 fully saturated rings. The third-order valence-electron chi connectivity index (χ3n) is 6.22. The van der Waals surface area contributed by atoms with Crippen LogP contribution in [0.4, 0.5) is 0 Å². The van der Waals surface area contributed by atoms with E-state index >= 15 is 0 Å². The fourth-order valence-electron chi connectivity index (χ4n) is 5.05. The van der Waals surface area contributed by atoms with Crippen LogP contribution in [0.5, 0.6) is 0 Å². The molecule has 5 nitrogen and oxygen atoms in total. The molecule has 2 aliphatic rings. The molecule has 5 heteroatoms. The summed E-state index contributed by atoms with van der Waals surface area (Å²) in [6.45, 7) is 0.947. The fraction of sp³-hybridized carbons (Fsp3) is 0.167. The Morgan fingerprint density at radius 3 is 2.38 bits per heavy atom. The highest BCUT2D eigenvalue weighted by Gasteiger charge is 2.37. The van der Waals surface area contributed by atoms with Crippen LogP contribution in [0.1, 0.15) is 23.2 Å². The number of hydrogen-bond donors (Lipinski definition) is 1. The van der Waals surface area contributed by atoms with Crippen LogP contribution in [0.2, 0.25) is 0 Å². The summed E-state index contributed by atoms with van der Waals surface area (Å²) in [6, 6.07) is 16.2. The van der Waals surface area contributed by atoms with E-state index in [4.69, 9.17) is 0 Å². The molecular formula is C24H19N3O2. The largest absolute Gasteiger partial charge is 0.350 e. The number of benzene rings is 2. The van der Waals surface area contributed by atoms with Gasteiger partial charge in [-0.3, -0.25) is 14.9 Å². The topological polar surface area (TPSA) is 56.0 Å². The molecule has 1 N–H and O–H groups in total. The van der Waals surface area contributed by atoms with Gasteiger partial charge in [0.1, 0.15) is 0 Å². The van der Waals surface area contributed by atoms with Gasteiger partial charge in [0.15, 0.2) is 0 Å². The van der Waals surface area contributed by atoms with Crippen molar-refractivity contribution in [1.29, 1.82) is 0 Å². The van der Waals surface area contributed by atoms with Crippen molar-refractivity contribution in [2.24, 2.45) is 7.05 Å². The molecule has 2 amide bonds. The Labute approximate surface area is 167 Å². The molecule has 29 heavy (non-hydrogen) atoms. The number of rotatable bonds is 2. The monoisotopic (exact) mass is 381 g/mol. The van der Waals surface area contributed by atoms with Crippen LogP contribution in [-0.4, -0.2) is 20.9 Å². The molecule has 4 aromatic rings. The number of hydrogen-bond acceptors (Lipinski definition) is 2. The molecule has 2 aromatic heterocycles. The predicted molar refractivity (Wildman–Crippen MR) is 113 cm³/mol. The number of nitrogens with zero attached hydrogens (tertiary/aromatic N) is 2. The van der Waals surface area contributed by atoms with Crippen LogP contribution in [0, 0.1) is 0 Å². The quantitative estimate of drug-likeness (QED) is 0.539. The Morgan fingerprint density at radius 1 is 0.862 bits per heavy atom. The van der Waals surface area contributed by atoms with Crippen LogP contribution < -0.4 is 5.32 Å². The minimum Gasteiger partial charge on any atom is -0.350 e. The zero-order chi connectivity index (χ0) is 19.7. The minimum atomic E-state index is -0.316. The van der Waals surface area contributed by atoms with E-state index in [0.717, 1.165) is 58.0 Å². The number of imide groups is 1. The lowest BCUT2D eigenvalue weighted by Gasteiger charge is -2.06. The normalized spacial score (nSPS) is 16.3. The van der Waals surface area contributed by atoms with Gasteiger partial charge < -0.3 is 9.13 Å². The zero-order valence-electron chi connectivity index (χ0n) is 16.0. The molecule has 0 saturated carbocycles. The molecule has 0 atom stereocenters. The lowest BCUT2D eigenvalue weighted by molar-refractivity contribution is -0.122. The van der Waals surface area contributed by atoms with E-state index in [0.29, 0.717) is 11.1 Å². The second kappa shape index (κ2) is 5.70. The SMILES string of the molecule is Cn1cc(C2=C(c3c4n(c5ccccc35)CCC4)C(=O)NC2=O)c2ccccc21. The molecule has 0 saturated heterocycles. The summed E-state index contributed by atoms with van der Waals surface area (Å²) in [5, 5.41) is 4.58. The van der Waals surface area contributed by atoms with Gasteiger partial charge in [-0.2, -0.15) is 0 Å². The Balaban J connectivity index is 1.74. The molecule has 0 aliphatic carbocycles. The zero-order valence-corrected chi connectivity index (χ0v) is 16.0. The van der Waals surface area contributed by atoms with E-state index in [1.807, 2.05) is 54.2 Å².